The lowest BCUT2D eigenvalue weighted by molar-refractivity contribution is -0.385. The van der Waals surface area contributed by atoms with Crippen LogP contribution < -0.4 is 16.0 Å². The highest BCUT2D eigenvalue weighted by Crippen LogP contribution is 2.49. The highest BCUT2D eigenvalue weighted by atomic mass is 35.5. The first-order valence-electron chi connectivity index (χ1n) is 12.5. The predicted molar refractivity (Wildman–Crippen MR) is 161 cm³/mol. The van der Waals surface area contributed by atoms with Gasteiger partial charge in [-0.1, -0.05) is 64.5 Å². The summed E-state index contributed by atoms with van der Waals surface area (Å²) in [6.45, 7) is 1.62. The van der Waals surface area contributed by atoms with E-state index in [-0.39, 0.29) is 39.5 Å². The molecule has 2 aromatic carbocycles. The summed E-state index contributed by atoms with van der Waals surface area (Å²) in [6, 6.07) is 11.7. The molecule has 11 nitrogen and oxygen atoms in total. The second-order valence-electron chi connectivity index (χ2n) is 9.41. The molecule has 15 heteroatoms. The molecule has 0 radical (unpaired) electrons. The molecule has 1 unspecified atom stereocenters. The maximum Gasteiger partial charge on any atom is 0.274 e. The van der Waals surface area contributed by atoms with Crippen LogP contribution in [0.5, 0.6) is 0 Å². The van der Waals surface area contributed by atoms with Crippen molar-refractivity contribution < 1.29 is 14.5 Å². The topological polar surface area (TPSA) is 168 Å². The number of thioether (sulfide) groups is 1. The Kier molecular flexibility index (Phi) is 8.51. The number of nitrogens with one attached hydrogen (secondary N) is 1. The molecule has 42 heavy (non-hydrogen) atoms. The highest BCUT2D eigenvalue weighted by molar-refractivity contribution is 8.01. The molecule has 1 aliphatic heterocycles. The number of aromatic nitrogens is 2. The van der Waals surface area contributed by atoms with Gasteiger partial charge in [0, 0.05) is 35.0 Å². The number of nitro groups is 1. The Hall–Kier alpha value is -3.96. The number of ketones is 1. The maximum absolute atomic E-state index is 13.3. The normalized spacial score (nSPS) is 16.8. The summed E-state index contributed by atoms with van der Waals surface area (Å²) in [5, 5.41) is 33.4. The van der Waals surface area contributed by atoms with Gasteiger partial charge in [0.25, 0.3) is 5.69 Å². The zero-order valence-corrected chi connectivity index (χ0v) is 25.0. The fourth-order valence-corrected chi connectivity index (χ4v) is 7.02. The molecule has 0 bridgehead atoms. The number of carbonyl (C=O) groups is 2. The number of halogens is 2. The predicted octanol–water partition coefficient (Wildman–Crippen LogP) is 6.10. The molecule has 1 aromatic heterocycles. The van der Waals surface area contributed by atoms with Gasteiger partial charge >= 0.3 is 0 Å². The zero-order chi connectivity index (χ0) is 30.1. The van der Waals surface area contributed by atoms with Gasteiger partial charge in [0.15, 0.2) is 10.1 Å². The average Bonchev–Trinajstić information content (AvgIpc) is 3.42. The fourth-order valence-electron chi connectivity index (χ4n) is 4.92. The molecular weight excluding hydrogens is 621 g/mol. The van der Waals surface area contributed by atoms with E-state index in [1.165, 1.54) is 6.07 Å². The Labute approximate surface area is 258 Å². The number of benzene rings is 2. The first-order chi connectivity index (χ1) is 20.1. The minimum Gasteiger partial charge on any atom is -0.384 e. The molecule has 3 N–H and O–H groups in total. The lowest BCUT2D eigenvalue weighted by Gasteiger charge is -2.38. The van der Waals surface area contributed by atoms with E-state index in [9.17, 15) is 25.0 Å². The van der Waals surface area contributed by atoms with Gasteiger partial charge in [-0.25, -0.2) is 0 Å². The third kappa shape index (κ3) is 5.58. The summed E-state index contributed by atoms with van der Waals surface area (Å²) < 4.78 is 0.450. The number of rotatable bonds is 7. The number of nitrogens with zero attached hydrogens (tertiary/aromatic N) is 5. The molecule has 3 aromatic rings. The van der Waals surface area contributed by atoms with Crippen LogP contribution in [0.4, 0.5) is 16.5 Å². The minimum absolute atomic E-state index is 0.0349. The van der Waals surface area contributed by atoms with Gasteiger partial charge in [-0.15, -0.1) is 10.2 Å². The van der Waals surface area contributed by atoms with Crippen molar-refractivity contribution in [2.45, 2.75) is 36.4 Å². The molecule has 0 spiro atoms. The van der Waals surface area contributed by atoms with Crippen molar-refractivity contribution in [3.8, 4) is 6.07 Å². The first-order valence-corrected chi connectivity index (χ1v) is 15.1. The third-order valence-corrected chi connectivity index (χ3v) is 9.68. The van der Waals surface area contributed by atoms with Crippen molar-refractivity contribution in [2.24, 2.45) is 5.73 Å². The van der Waals surface area contributed by atoms with Gasteiger partial charge in [0.2, 0.25) is 11.0 Å². The average molecular weight is 643 g/mol. The van der Waals surface area contributed by atoms with E-state index in [1.54, 1.807) is 42.2 Å². The molecule has 5 rings (SSSR count). The van der Waals surface area contributed by atoms with Crippen molar-refractivity contribution >= 4 is 74.5 Å². The van der Waals surface area contributed by atoms with Crippen LogP contribution in [-0.4, -0.2) is 32.6 Å². The smallest absolute Gasteiger partial charge is 0.274 e. The summed E-state index contributed by atoms with van der Waals surface area (Å²) in [4.78, 5) is 38.1. The molecule has 1 atom stereocenters. The van der Waals surface area contributed by atoms with Crippen molar-refractivity contribution in [1.29, 1.82) is 5.26 Å². The van der Waals surface area contributed by atoms with Crippen LogP contribution >= 0.6 is 46.3 Å². The fraction of sp³-hybridized carbons (Fsp3) is 0.222. The second kappa shape index (κ2) is 12.1. The summed E-state index contributed by atoms with van der Waals surface area (Å²) in [5.74, 6) is -1.20. The van der Waals surface area contributed by atoms with Crippen LogP contribution in [0, 0.1) is 28.4 Å². The first kappa shape index (κ1) is 29.5. The summed E-state index contributed by atoms with van der Waals surface area (Å²) in [6.07, 6.45) is 1.43. The quantitative estimate of drug-likeness (QED) is 0.175. The number of aryl methyl sites for hydroxylation is 1. The van der Waals surface area contributed by atoms with Gasteiger partial charge in [0.1, 0.15) is 5.82 Å². The van der Waals surface area contributed by atoms with Crippen molar-refractivity contribution in [1.82, 2.24) is 10.2 Å². The largest absolute Gasteiger partial charge is 0.384 e. The Morgan fingerprint density at radius 1 is 1.31 bits per heavy atom. The molecule has 1 amide bonds. The number of amides is 1. The third-order valence-electron chi connectivity index (χ3n) is 6.81. The van der Waals surface area contributed by atoms with Crippen LogP contribution in [0.2, 0.25) is 10.0 Å². The van der Waals surface area contributed by atoms with Gasteiger partial charge in [-0.3, -0.25) is 24.6 Å². The van der Waals surface area contributed by atoms with E-state index >= 15 is 0 Å². The molecule has 0 fully saturated rings. The van der Waals surface area contributed by atoms with Crippen LogP contribution in [0.1, 0.15) is 36.3 Å². The van der Waals surface area contributed by atoms with Crippen LogP contribution in [0.15, 0.2) is 63.4 Å². The van der Waals surface area contributed by atoms with E-state index in [2.05, 4.69) is 21.6 Å². The van der Waals surface area contributed by atoms with E-state index in [1.807, 2.05) is 0 Å². The number of Topliss-reactive ketones (excluding diaryl/α,β-unsaturated/α-hetero) is 1. The Balaban J connectivity index is 1.41. The number of nitrogens with two attached hydrogens (primary N) is 1. The number of anilines is 2. The number of nitro benzene ring substituents is 1. The van der Waals surface area contributed by atoms with E-state index < -0.39 is 10.8 Å². The number of hydrogen-bond donors (Lipinski definition) is 2. The molecule has 0 saturated carbocycles. The molecule has 0 saturated heterocycles. The van der Waals surface area contributed by atoms with Gasteiger partial charge in [0.05, 0.1) is 38.3 Å². The van der Waals surface area contributed by atoms with E-state index in [0.717, 1.165) is 23.1 Å². The van der Waals surface area contributed by atoms with Crippen LogP contribution in [0.25, 0.3) is 0 Å². The van der Waals surface area contributed by atoms with E-state index in [0.29, 0.717) is 61.8 Å². The number of hydrogen-bond acceptors (Lipinski definition) is 11. The monoisotopic (exact) mass is 641 g/mol. The summed E-state index contributed by atoms with van der Waals surface area (Å²) >= 11 is 15.1. The van der Waals surface area contributed by atoms with Crippen molar-refractivity contribution in [2.75, 3.05) is 16.0 Å². The molecule has 2 aliphatic rings. The van der Waals surface area contributed by atoms with Gasteiger partial charge in [-0.05, 0) is 37.5 Å². The Bertz CT molecular complexity index is 1750. The Morgan fingerprint density at radius 3 is 2.83 bits per heavy atom. The Morgan fingerprint density at radius 2 is 2.10 bits per heavy atom. The maximum atomic E-state index is 13.3. The van der Waals surface area contributed by atoms with Crippen LogP contribution in [0.3, 0.4) is 0 Å². The zero-order valence-electron chi connectivity index (χ0n) is 21.9. The van der Waals surface area contributed by atoms with Gasteiger partial charge < -0.3 is 11.1 Å². The summed E-state index contributed by atoms with van der Waals surface area (Å²) in [5.41, 5.74) is 8.98. The molecule has 214 valence electrons. The molecule has 1 aliphatic carbocycles. The molecule has 2 heterocycles. The highest BCUT2D eigenvalue weighted by Gasteiger charge is 2.42. The second-order valence-corrected chi connectivity index (χ2v) is 12.4. The van der Waals surface area contributed by atoms with Crippen molar-refractivity contribution in [3.05, 3.63) is 90.3 Å². The summed E-state index contributed by atoms with van der Waals surface area (Å²) in [7, 11) is 0. The lowest BCUT2D eigenvalue weighted by atomic mass is 9.76. The van der Waals surface area contributed by atoms with Gasteiger partial charge in [-0.2, -0.15) is 5.26 Å². The lowest BCUT2D eigenvalue weighted by Crippen LogP contribution is -2.38. The molecular formula is C27H21Cl2N7O4S2. The van der Waals surface area contributed by atoms with Crippen LogP contribution in [-0.2, 0) is 9.59 Å². The number of allylic oxidation sites excluding steroid dienone is 3. The standard InChI is InChI=1S/C27H21Cl2N7O4S2/c1-13-8-9-14(10-19(13)36(39)40)32-21(38)12-41-27-34-33-26(42-27)35-18-6-3-7-20(37)23(18)22(16(11-30)25(35)31)15-4-2-5-17(28)24(15)29/h2,4-5,8-10,22H,3,6-7,12,31H2,1H3,(H,32,38). The van der Waals surface area contributed by atoms with E-state index in [4.69, 9.17) is 28.9 Å². The minimum atomic E-state index is -0.775. The number of carbonyl (C=O) groups excluding carboxylic acids is 2. The van der Waals surface area contributed by atoms with Crippen molar-refractivity contribution in [3.63, 3.8) is 0 Å². The number of nitriles is 1. The SMILES string of the molecule is Cc1ccc(NC(=O)CSc2nnc(N3C(N)=C(C#N)C(c4cccc(Cl)c4Cl)C4=C3CCCC4=O)s2)cc1[N+](=O)[O-].